The van der Waals surface area contributed by atoms with Gasteiger partial charge in [0.05, 0.1) is 41.7 Å². The van der Waals surface area contributed by atoms with Crippen molar-refractivity contribution in [2.75, 3.05) is 40.9 Å². The smallest absolute Gasteiger partial charge is 0.417 e. The van der Waals surface area contributed by atoms with Crippen LogP contribution in [0.3, 0.4) is 0 Å². The van der Waals surface area contributed by atoms with Crippen molar-refractivity contribution < 1.29 is 36.3 Å². The SMILES string of the molecule is CC(=O)N1CCc2c(c(N3CCCc4cc(-c5cnn(C)c5)c(C(F)F)cc43)nn2C2CCN(C3CCC(Oc4ccc(-c5ccc(N6C(=S)N(c7ccc(C#N)c(C(F)(F)F)c7)C(=O)C6(C)C)cc5)cc4)C3)CC2)C1. The van der Waals surface area contributed by atoms with E-state index in [1.54, 1.807) is 61.9 Å². The molecule has 6 aromatic rings. The highest BCUT2D eigenvalue weighted by atomic mass is 32.1. The number of thiocarbonyl (C=S) groups is 1. The molecule has 2 aromatic heterocycles. The molecule has 3 fully saturated rings. The minimum Gasteiger partial charge on any atom is -0.490 e. The molecule has 11 rings (SSSR count). The van der Waals surface area contributed by atoms with Gasteiger partial charge in [-0.2, -0.15) is 28.6 Å². The van der Waals surface area contributed by atoms with Gasteiger partial charge in [-0.3, -0.25) is 23.9 Å². The van der Waals surface area contributed by atoms with Gasteiger partial charge in [-0.25, -0.2) is 8.78 Å². The molecular formula is C57H57F5N10O3S. The fourth-order valence-electron chi connectivity index (χ4n) is 12.1. The average Bonchev–Trinajstić information content (AvgIpc) is 4.21. The number of alkyl halides is 5. The van der Waals surface area contributed by atoms with E-state index in [0.717, 1.165) is 120 Å². The standard InChI is InChI=1S/C57H57F5N10O3S/c1-34(73)68-25-21-50-48(33-68)53(69-22-5-6-37-26-46(39-31-64-66(4)32-39)47(52(58)59)29-51(37)69)65-72(50)41-19-23-67(24-20-41)42-15-18-45(27-42)75-44-16-10-36(11-17-44)35-7-12-40(13-8-35)71-55(76)70(54(74)56(71,2)3)43-14-9-38(30-63)49(28-43)57(60,61)62/h7-14,16-17,26,28-29,31-32,41-42,45,52H,5-6,15,18-25,27,33H2,1-4H3. The van der Waals surface area contributed by atoms with Gasteiger partial charge < -0.3 is 24.3 Å². The Hall–Kier alpha value is -7.17. The third-order valence-corrected chi connectivity index (χ3v) is 16.4. The summed E-state index contributed by atoms with van der Waals surface area (Å²) in [6.07, 6.45) is 2.98. The highest BCUT2D eigenvalue weighted by Crippen LogP contribution is 2.45. The predicted octanol–water partition coefficient (Wildman–Crippen LogP) is 11.3. The zero-order chi connectivity index (χ0) is 53.4. The van der Waals surface area contributed by atoms with Crippen LogP contribution in [0.4, 0.5) is 44.8 Å². The number of hydrogen-bond donors (Lipinski definition) is 0. The summed E-state index contributed by atoms with van der Waals surface area (Å²) in [7, 11) is 1.78. The van der Waals surface area contributed by atoms with E-state index in [1.807, 2.05) is 59.5 Å². The van der Waals surface area contributed by atoms with E-state index in [1.165, 1.54) is 6.07 Å². The Morgan fingerprint density at radius 2 is 1.59 bits per heavy atom. The first kappa shape index (κ1) is 51.0. The molecule has 2 unspecified atom stereocenters. The second kappa shape index (κ2) is 19.8. The largest absolute Gasteiger partial charge is 0.490 e. The number of amides is 2. The van der Waals surface area contributed by atoms with Crippen molar-refractivity contribution in [3.05, 3.63) is 125 Å². The Bertz CT molecular complexity index is 3290. The van der Waals surface area contributed by atoms with Crippen LogP contribution in [-0.2, 0) is 42.2 Å². The van der Waals surface area contributed by atoms with Crippen molar-refractivity contribution >= 4 is 52.0 Å². The van der Waals surface area contributed by atoms with Gasteiger partial charge in [0, 0.05) is 92.6 Å². The maximum absolute atomic E-state index is 14.8. The number of carbonyl (C=O) groups excluding carboxylic acids is 2. The van der Waals surface area contributed by atoms with Crippen LogP contribution in [0.1, 0.15) is 105 Å². The molecule has 4 aliphatic heterocycles. The number of halogens is 5. The number of nitriles is 1. The number of anilines is 4. The number of hydrogen-bond acceptors (Lipinski definition) is 9. The third-order valence-electron chi connectivity index (χ3n) is 16.1. The molecule has 1 aliphatic carbocycles. The van der Waals surface area contributed by atoms with Gasteiger partial charge in [0.2, 0.25) is 5.91 Å². The van der Waals surface area contributed by atoms with Crippen LogP contribution in [-0.4, -0.2) is 90.2 Å². The van der Waals surface area contributed by atoms with Crippen LogP contribution in [0, 0.1) is 11.3 Å². The van der Waals surface area contributed by atoms with Gasteiger partial charge in [0.1, 0.15) is 17.4 Å². The fourth-order valence-corrected chi connectivity index (χ4v) is 12.6. The molecule has 2 saturated heterocycles. The Kier molecular flexibility index (Phi) is 13.2. The summed E-state index contributed by atoms with van der Waals surface area (Å²) >= 11 is 5.73. The molecule has 0 N–H and O–H groups in total. The fraction of sp³-hybridized carbons (Fsp3) is 0.404. The van der Waals surface area contributed by atoms with E-state index < -0.39 is 35.2 Å². The number of aryl methyl sites for hydroxylation is 2. The van der Waals surface area contributed by atoms with Crippen molar-refractivity contribution in [2.24, 2.45) is 7.05 Å². The Morgan fingerprint density at radius 1 is 0.882 bits per heavy atom. The van der Waals surface area contributed by atoms with E-state index in [2.05, 4.69) is 19.6 Å². The van der Waals surface area contributed by atoms with Gasteiger partial charge in [-0.05, 0) is 148 Å². The number of nitrogens with zero attached hydrogens (tertiary/aromatic N) is 10. The zero-order valence-electron chi connectivity index (χ0n) is 42.7. The summed E-state index contributed by atoms with van der Waals surface area (Å²) in [6.45, 7) is 8.43. The van der Waals surface area contributed by atoms with E-state index in [0.29, 0.717) is 48.9 Å². The number of aromatic nitrogens is 4. The first-order valence-electron chi connectivity index (χ1n) is 25.9. The first-order chi connectivity index (χ1) is 36.4. The van der Waals surface area contributed by atoms with Gasteiger partial charge in [-0.15, -0.1) is 0 Å². The molecule has 13 nitrogen and oxygen atoms in total. The number of likely N-dealkylation sites (tertiary alicyclic amines) is 1. The molecular weight excluding hydrogens is 1000 g/mol. The summed E-state index contributed by atoms with van der Waals surface area (Å²) in [4.78, 5) is 35.8. The van der Waals surface area contributed by atoms with Gasteiger partial charge in [-0.1, -0.05) is 24.3 Å². The number of fused-ring (bicyclic) bond motifs is 2. The lowest BCUT2D eigenvalue weighted by atomic mass is 9.92. The van der Waals surface area contributed by atoms with E-state index in [-0.39, 0.29) is 34.4 Å². The lowest BCUT2D eigenvalue weighted by molar-refractivity contribution is -0.137. The van der Waals surface area contributed by atoms with Gasteiger partial charge in [0.25, 0.3) is 12.3 Å². The van der Waals surface area contributed by atoms with Crippen LogP contribution in [0.5, 0.6) is 5.75 Å². The number of piperidine rings is 1. The summed E-state index contributed by atoms with van der Waals surface area (Å²) in [5.41, 5.74) is 4.51. The van der Waals surface area contributed by atoms with Crippen molar-refractivity contribution in [1.82, 2.24) is 29.4 Å². The molecule has 2 atom stereocenters. The summed E-state index contributed by atoms with van der Waals surface area (Å²) in [5, 5.41) is 18.9. The normalized spacial score (nSPS) is 20.1. The molecule has 394 valence electrons. The molecule has 6 heterocycles. The number of benzene rings is 4. The zero-order valence-corrected chi connectivity index (χ0v) is 43.5. The predicted molar refractivity (Wildman–Crippen MR) is 283 cm³/mol. The van der Waals surface area contributed by atoms with Crippen LogP contribution < -0.4 is 19.4 Å². The quantitative estimate of drug-likeness (QED) is 0.0969. The van der Waals surface area contributed by atoms with Crippen LogP contribution in [0.2, 0.25) is 0 Å². The molecule has 0 radical (unpaired) electrons. The number of carbonyl (C=O) groups is 2. The van der Waals surface area contributed by atoms with Crippen LogP contribution >= 0.6 is 12.2 Å². The Morgan fingerprint density at radius 3 is 2.25 bits per heavy atom. The Labute approximate surface area is 443 Å². The molecule has 0 spiro atoms. The third kappa shape index (κ3) is 9.26. The highest BCUT2D eigenvalue weighted by Gasteiger charge is 2.51. The maximum Gasteiger partial charge on any atom is 0.417 e. The molecule has 4 aromatic carbocycles. The number of ether oxygens (including phenoxy) is 1. The van der Waals surface area contributed by atoms with Crippen molar-refractivity contribution in [1.29, 1.82) is 5.26 Å². The lowest BCUT2D eigenvalue weighted by Crippen LogP contribution is -2.44. The second-order valence-corrected chi connectivity index (χ2v) is 21.5. The van der Waals surface area contributed by atoms with Gasteiger partial charge >= 0.3 is 6.18 Å². The highest BCUT2D eigenvalue weighted by molar-refractivity contribution is 7.81. The summed E-state index contributed by atoms with van der Waals surface area (Å²) < 4.78 is 81.6. The second-order valence-electron chi connectivity index (χ2n) is 21.1. The number of rotatable bonds is 10. The Balaban J connectivity index is 0.730. The minimum absolute atomic E-state index is 0.00315. The molecule has 2 amide bonds. The monoisotopic (exact) mass is 1060 g/mol. The maximum atomic E-state index is 14.8. The molecule has 5 aliphatic rings. The lowest BCUT2D eigenvalue weighted by Gasteiger charge is -2.37. The van der Waals surface area contributed by atoms with E-state index in [4.69, 9.17) is 22.1 Å². The summed E-state index contributed by atoms with van der Waals surface area (Å²) in [6, 6.07) is 24.3. The first-order valence-corrected chi connectivity index (χ1v) is 26.3. The van der Waals surface area contributed by atoms with Gasteiger partial charge in [0.15, 0.2) is 10.9 Å². The summed E-state index contributed by atoms with van der Waals surface area (Å²) in [5.74, 6) is 1.05. The van der Waals surface area contributed by atoms with E-state index >= 15 is 0 Å². The molecule has 1 saturated carbocycles. The van der Waals surface area contributed by atoms with Crippen molar-refractivity contribution in [3.8, 4) is 34.1 Å². The van der Waals surface area contributed by atoms with Crippen molar-refractivity contribution in [3.63, 3.8) is 0 Å². The van der Waals surface area contributed by atoms with Crippen LogP contribution in [0.15, 0.2) is 91.3 Å². The van der Waals surface area contributed by atoms with Crippen molar-refractivity contribution in [2.45, 2.75) is 115 Å². The topological polar surface area (TPSA) is 119 Å². The molecule has 19 heteroatoms. The minimum atomic E-state index is -4.80. The molecule has 0 bridgehead atoms. The van der Waals surface area contributed by atoms with Crippen LogP contribution in [0.25, 0.3) is 22.3 Å². The molecule has 76 heavy (non-hydrogen) atoms. The average molecular weight is 1060 g/mol. The van der Waals surface area contributed by atoms with E-state index in [9.17, 15) is 36.8 Å².